The molecule has 0 saturated carbocycles. The maximum absolute atomic E-state index is 11.4. The second-order valence-electron chi connectivity index (χ2n) is 3.06. The van der Waals surface area contributed by atoms with Crippen LogP contribution in [0.1, 0.15) is 23.7 Å². The molecule has 0 radical (unpaired) electrons. The molecule has 0 amide bonds. The number of rotatable bonds is 4. The van der Waals surface area contributed by atoms with Crippen LogP contribution in [-0.2, 0) is 4.74 Å². The van der Waals surface area contributed by atoms with Crippen LogP contribution >= 0.6 is 15.9 Å². The highest BCUT2D eigenvalue weighted by molar-refractivity contribution is 9.10. The number of esters is 1. The smallest absolute Gasteiger partial charge is 0.338 e. The Kier molecular flexibility index (Phi) is 4.42. The largest absolute Gasteiger partial charge is 0.462 e. The molecular weight excluding hydrogens is 278 g/mol. The van der Waals surface area contributed by atoms with Crippen molar-refractivity contribution in [2.75, 3.05) is 6.61 Å². The zero-order valence-corrected chi connectivity index (χ0v) is 10.2. The predicted octanol–water partition coefficient (Wildman–Crippen LogP) is 2.92. The molecular formula is C10H10BrNO4. The summed E-state index contributed by atoms with van der Waals surface area (Å²) in [6.07, 6.45) is 0.713. The molecule has 0 saturated heterocycles. The number of carbonyl (C=O) groups is 1. The van der Waals surface area contributed by atoms with Crippen LogP contribution < -0.4 is 0 Å². The minimum absolute atomic E-state index is 0.147. The van der Waals surface area contributed by atoms with Crippen LogP contribution in [0.5, 0.6) is 0 Å². The van der Waals surface area contributed by atoms with Gasteiger partial charge in [0, 0.05) is 6.07 Å². The molecule has 0 aliphatic rings. The van der Waals surface area contributed by atoms with Crippen LogP contribution in [0.4, 0.5) is 5.69 Å². The second kappa shape index (κ2) is 5.60. The van der Waals surface area contributed by atoms with Crippen LogP contribution in [0.3, 0.4) is 0 Å². The molecule has 0 fully saturated rings. The van der Waals surface area contributed by atoms with Crippen molar-refractivity contribution >= 4 is 27.6 Å². The minimum atomic E-state index is -0.555. The Hall–Kier alpha value is -1.43. The van der Waals surface area contributed by atoms with E-state index in [0.717, 1.165) is 0 Å². The summed E-state index contributed by atoms with van der Waals surface area (Å²) >= 11 is 3.04. The molecule has 0 heterocycles. The number of halogens is 1. The summed E-state index contributed by atoms with van der Waals surface area (Å²) in [6, 6.07) is 4.14. The Balaban J connectivity index is 2.94. The van der Waals surface area contributed by atoms with Crippen molar-refractivity contribution in [3.05, 3.63) is 38.3 Å². The standard InChI is InChI=1S/C10H10BrNO4/c1-2-5-16-10(13)7-3-4-8(11)9(6-7)12(14)15/h3-4,6H,2,5H2,1H3. The van der Waals surface area contributed by atoms with Crippen molar-refractivity contribution in [3.63, 3.8) is 0 Å². The molecule has 0 aliphatic carbocycles. The Morgan fingerprint density at radius 2 is 2.25 bits per heavy atom. The third-order valence-electron chi connectivity index (χ3n) is 1.82. The summed E-state index contributed by atoms with van der Waals surface area (Å²) in [4.78, 5) is 21.5. The fourth-order valence-corrected chi connectivity index (χ4v) is 1.45. The summed E-state index contributed by atoms with van der Waals surface area (Å²) in [7, 11) is 0. The first-order valence-corrected chi connectivity index (χ1v) is 5.46. The van der Waals surface area contributed by atoms with Gasteiger partial charge in [-0.1, -0.05) is 6.92 Å². The average Bonchev–Trinajstić information content (AvgIpc) is 2.26. The zero-order chi connectivity index (χ0) is 12.1. The van der Waals surface area contributed by atoms with Gasteiger partial charge in [0.2, 0.25) is 0 Å². The van der Waals surface area contributed by atoms with Gasteiger partial charge in [-0.15, -0.1) is 0 Å². The first-order valence-electron chi connectivity index (χ1n) is 4.67. The van der Waals surface area contributed by atoms with Crippen LogP contribution in [0.15, 0.2) is 22.7 Å². The number of carbonyl (C=O) groups excluding carboxylic acids is 1. The lowest BCUT2D eigenvalue weighted by molar-refractivity contribution is -0.385. The van der Waals surface area contributed by atoms with E-state index < -0.39 is 10.9 Å². The molecule has 6 heteroatoms. The van der Waals surface area contributed by atoms with Crippen molar-refractivity contribution in [2.24, 2.45) is 0 Å². The van der Waals surface area contributed by atoms with Gasteiger partial charge < -0.3 is 4.74 Å². The second-order valence-corrected chi connectivity index (χ2v) is 3.91. The predicted molar refractivity (Wildman–Crippen MR) is 61.4 cm³/mol. The Morgan fingerprint density at radius 1 is 1.56 bits per heavy atom. The molecule has 5 nitrogen and oxygen atoms in total. The fraction of sp³-hybridized carbons (Fsp3) is 0.300. The monoisotopic (exact) mass is 287 g/mol. The number of nitro groups is 1. The normalized spacial score (nSPS) is 9.88. The van der Waals surface area contributed by atoms with Crippen LogP contribution in [0.2, 0.25) is 0 Å². The van der Waals surface area contributed by atoms with Gasteiger partial charge in [0.25, 0.3) is 5.69 Å². The van der Waals surface area contributed by atoms with Crippen LogP contribution in [-0.4, -0.2) is 17.5 Å². The molecule has 0 unspecified atom stereocenters. The number of hydrogen-bond donors (Lipinski definition) is 0. The summed E-state index contributed by atoms with van der Waals surface area (Å²) in [6.45, 7) is 2.18. The average molecular weight is 288 g/mol. The third kappa shape index (κ3) is 3.03. The number of hydrogen-bond acceptors (Lipinski definition) is 4. The number of nitrogens with zero attached hydrogens (tertiary/aromatic N) is 1. The van der Waals surface area contributed by atoms with Crippen molar-refractivity contribution in [1.82, 2.24) is 0 Å². The maximum atomic E-state index is 11.4. The summed E-state index contributed by atoms with van der Waals surface area (Å²) in [5, 5.41) is 10.6. The number of benzene rings is 1. The third-order valence-corrected chi connectivity index (χ3v) is 2.49. The Bertz CT molecular complexity index is 419. The minimum Gasteiger partial charge on any atom is -0.462 e. The van der Waals surface area contributed by atoms with E-state index in [2.05, 4.69) is 15.9 Å². The van der Waals surface area contributed by atoms with Gasteiger partial charge in [-0.3, -0.25) is 10.1 Å². The van der Waals surface area contributed by atoms with Gasteiger partial charge >= 0.3 is 5.97 Å². The molecule has 0 bridgehead atoms. The highest BCUT2D eigenvalue weighted by atomic mass is 79.9. The van der Waals surface area contributed by atoms with E-state index in [0.29, 0.717) is 17.5 Å². The molecule has 0 aromatic heterocycles. The Morgan fingerprint density at radius 3 is 2.81 bits per heavy atom. The summed E-state index contributed by atoms with van der Waals surface area (Å²) in [5.41, 5.74) is 0.0364. The molecule has 0 atom stereocenters. The van der Waals surface area contributed by atoms with E-state index in [9.17, 15) is 14.9 Å². The van der Waals surface area contributed by atoms with E-state index >= 15 is 0 Å². The first-order chi connectivity index (χ1) is 7.56. The van der Waals surface area contributed by atoms with Gasteiger partial charge in [-0.25, -0.2) is 4.79 Å². The van der Waals surface area contributed by atoms with E-state index in [4.69, 9.17) is 4.74 Å². The Labute approximate surface area is 101 Å². The van der Waals surface area contributed by atoms with Gasteiger partial charge in [-0.2, -0.15) is 0 Å². The molecule has 0 spiro atoms. The fourth-order valence-electron chi connectivity index (χ4n) is 1.06. The molecule has 1 rings (SSSR count). The van der Waals surface area contributed by atoms with Gasteiger partial charge in [-0.05, 0) is 34.5 Å². The van der Waals surface area contributed by atoms with E-state index in [1.165, 1.54) is 18.2 Å². The molecule has 1 aromatic rings. The van der Waals surface area contributed by atoms with Gasteiger partial charge in [0.15, 0.2) is 0 Å². The van der Waals surface area contributed by atoms with Gasteiger partial charge in [0.05, 0.1) is 21.6 Å². The lowest BCUT2D eigenvalue weighted by atomic mass is 10.2. The van der Waals surface area contributed by atoms with Crippen LogP contribution in [0, 0.1) is 10.1 Å². The molecule has 0 aliphatic heterocycles. The van der Waals surface area contributed by atoms with Crippen molar-refractivity contribution in [2.45, 2.75) is 13.3 Å². The lowest BCUT2D eigenvalue weighted by Gasteiger charge is -2.03. The first kappa shape index (κ1) is 12.6. The molecule has 1 aromatic carbocycles. The molecule has 16 heavy (non-hydrogen) atoms. The SMILES string of the molecule is CCCOC(=O)c1ccc(Br)c([N+](=O)[O-])c1. The van der Waals surface area contributed by atoms with E-state index in [1.54, 1.807) is 0 Å². The van der Waals surface area contributed by atoms with Crippen molar-refractivity contribution in [1.29, 1.82) is 0 Å². The van der Waals surface area contributed by atoms with E-state index in [-0.39, 0.29) is 11.3 Å². The summed E-state index contributed by atoms with van der Waals surface area (Å²) < 4.78 is 5.21. The van der Waals surface area contributed by atoms with Crippen molar-refractivity contribution in [3.8, 4) is 0 Å². The highest BCUT2D eigenvalue weighted by Crippen LogP contribution is 2.25. The van der Waals surface area contributed by atoms with Crippen molar-refractivity contribution < 1.29 is 14.5 Å². The highest BCUT2D eigenvalue weighted by Gasteiger charge is 2.16. The molecule has 86 valence electrons. The zero-order valence-electron chi connectivity index (χ0n) is 8.60. The van der Waals surface area contributed by atoms with Gasteiger partial charge in [0.1, 0.15) is 0 Å². The van der Waals surface area contributed by atoms with E-state index in [1.807, 2.05) is 6.92 Å². The number of nitro benzene ring substituents is 1. The quantitative estimate of drug-likeness (QED) is 0.485. The van der Waals surface area contributed by atoms with Crippen LogP contribution in [0.25, 0.3) is 0 Å². The maximum Gasteiger partial charge on any atom is 0.338 e. The molecule has 0 N–H and O–H groups in total. The topological polar surface area (TPSA) is 69.4 Å². The summed E-state index contributed by atoms with van der Waals surface area (Å²) in [5.74, 6) is -0.544. The lowest BCUT2D eigenvalue weighted by Crippen LogP contribution is -2.06. The number of ether oxygens (including phenoxy) is 1.